The van der Waals surface area contributed by atoms with E-state index in [1.807, 2.05) is 0 Å². The molecule has 1 saturated heterocycles. The maximum atomic E-state index is 12.9. The molecular weight excluding hydrogens is 436 g/mol. The molecule has 0 aromatic heterocycles. The van der Waals surface area contributed by atoms with Crippen molar-refractivity contribution in [2.75, 3.05) is 6.54 Å². The molecule has 0 bridgehead atoms. The summed E-state index contributed by atoms with van der Waals surface area (Å²) in [6.07, 6.45) is 0.240. The topological polar surface area (TPSA) is 199 Å². The summed E-state index contributed by atoms with van der Waals surface area (Å²) in [5, 5.41) is 31.8. The third kappa shape index (κ3) is 7.17. The lowest BCUT2D eigenvalue weighted by molar-refractivity contribution is -0.144. The highest BCUT2D eigenvalue weighted by Crippen LogP contribution is 2.20. The van der Waals surface area contributed by atoms with Gasteiger partial charge in [-0.1, -0.05) is 12.1 Å². The van der Waals surface area contributed by atoms with Gasteiger partial charge in [0.2, 0.25) is 17.7 Å². The van der Waals surface area contributed by atoms with Crippen molar-refractivity contribution in [1.82, 2.24) is 15.5 Å². The molecule has 4 unspecified atom stereocenters. The molecule has 3 amide bonds. The van der Waals surface area contributed by atoms with Gasteiger partial charge in [-0.3, -0.25) is 24.0 Å². The van der Waals surface area contributed by atoms with Crippen molar-refractivity contribution in [3.8, 4) is 5.75 Å². The fourth-order valence-electron chi connectivity index (χ4n) is 3.52. The summed E-state index contributed by atoms with van der Waals surface area (Å²) in [6, 6.07) is 1.51. The summed E-state index contributed by atoms with van der Waals surface area (Å²) in [5.74, 6) is -4.76. The van der Waals surface area contributed by atoms with Crippen molar-refractivity contribution in [3.05, 3.63) is 29.8 Å². The highest BCUT2D eigenvalue weighted by Gasteiger charge is 2.38. The molecule has 0 spiro atoms. The van der Waals surface area contributed by atoms with Gasteiger partial charge in [0.25, 0.3) is 0 Å². The van der Waals surface area contributed by atoms with E-state index in [0.29, 0.717) is 12.8 Å². The summed E-state index contributed by atoms with van der Waals surface area (Å²) >= 11 is 0. The average Bonchev–Trinajstić information content (AvgIpc) is 3.23. The number of aromatic hydroxyl groups is 1. The van der Waals surface area contributed by atoms with E-state index in [9.17, 15) is 29.1 Å². The Morgan fingerprint density at radius 1 is 1.12 bits per heavy atom. The Kier molecular flexibility index (Phi) is 8.74. The van der Waals surface area contributed by atoms with Crippen molar-refractivity contribution in [1.29, 1.82) is 0 Å². The van der Waals surface area contributed by atoms with Crippen LogP contribution in [0.3, 0.4) is 0 Å². The van der Waals surface area contributed by atoms with Gasteiger partial charge in [0, 0.05) is 6.54 Å². The summed E-state index contributed by atoms with van der Waals surface area (Å²) < 4.78 is 0. The minimum atomic E-state index is -1.51. The second-order valence-corrected chi connectivity index (χ2v) is 7.89. The summed E-state index contributed by atoms with van der Waals surface area (Å²) in [4.78, 5) is 61.4. The smallest absolute Gasteiger partial charge is 0.325 e. The Morgan fingerprint density at radius 2 is 1.76 bits per heavy atom. The molecule has 1 aliphatic rings. The lowest BCUT2D eigenvalue weighted by atomic mass is 10.0. The van der Waals surface area contributed by atoms with Gasteiger partial charge in [0.05, 0.1) is 12.5 Å². The highest BCUT2D eigenvalue weighted by molar-refractivity contribution is 5.95. The molecule has 1 aromatic carbocycles. The maximum absolute atomic E-state index is 12.9. The first-order chi connectivity index (χ1) is 15.5. The third-order valence-corrected chi connectivity index (χ3v) is 5.29. The van der Waals surface area contributed by atoms with E-state index >= 15 is 0 Å². The number of carbonyl (C=O) groups excluding carboxylic acids is 3. The molecule has 1 aromatic rings. The zero-order valence-electron chi connectivity index (χ0n) is 18.1. The van der Waals surface area contributed by atoms with Crippen LogP contribution in [0.1, 0.15) is 31.7 Å². The van der Waals surface area contributed by atoms with E-state index < -0.39 is 60.2 Å². The van der Waals surface area contributed by atoms with E-state index in [4.69, 9.17) is 15.9 Å². The molecule has 0 saturated carbocycles. The summed E-state index contributed by atoms with van der Waals surface area (Å²) in [7, 11) is 0. The number of nitrogens with one attached hydrogen (secondary N) is 2. The predicted molar refractivity (Wildman–Crippen MR) is 114 cm³/mol. The molecule has 7 N–H and O–H groups in total. The molecule has 0 radical (unpaired) electrons. The van der Waals surface area contributed by atoms with Gasteiger partial charge in [-0.15, -0.1) is 0 Å². The number of rotatable bonds is 10. The number of carboxylic acids is 2. The summed E-state index contributed by atoms with van der Waals surface area (Å²) in [5.41, 5.74) is 6.77. The number of likely N-dealkylation sites (tertiary alicyclic amines) is 1. The van der Waals surface area contributed by atoms with E-state index in [0.717, 1.165) is 5.56 Å². The SMILES string of the molecule is CC(NC(=O)C(CC(=O)O)NC(=O)C1CCCN1C(=O)C(N)Cc1ccc(O)cc1)C(=O)O. The van der Waals surface area contributed by atoms with Crippen molar-refractivity contribution >= 4 is 29.7 Å². The number of carboxylic acid groups (broad SMARTS) is 2. The lowest BCUT2D eigenvalue weighted by Crippen LogP contribution is -2.56. The second-order valence-electron chi connectivity index (χ2n) is 7.89. The van der Waals surface area contributed by atoms with E-state index in [2.05, 4.69) is 10.6 Å². The van der Waals surface area contributed by atoms with Crippen LogP contribution in [0.5, 0.6) is 5.75 Å². The van der Waals surface area contributed by atoms with Crippen LogP contribution in [0.4, 0.5) is 0 Å². The number of amides is 3. The molecule has 1 heterocycles. The fourth-order valence-corrected chi connectivity index (χ4v) is 3.52. The number of nitrogens with two attached hydrogens (primary N) is 1. The zero-order chi connectivity index (χ0) is 24.7. The first kappa shape index (κ1) is 25.6. The van der Waals surface area contributed by atoms with Crippen LogP contribution in [0, 0.1) is 0 Å². The first-order valence-electron chi connectivity index (χ1n) is 10.4. The standard InChI is InChI=1S/C21H28N4O8/c1-11(21(32)33)23-18(29)15(10-17(27)28)24-19(30)16-3-2-8-25(16)20(31)14(22)9-12-4-6-13(26)7-5-12/h4-7,11,14-16,26H,2-3,8-10,22H2,1H3,(H,23,29)(H,24,30)(H,27,28)(H,32,33). The van der Waals surface area contributed by atoms with E-state index in [1.54, 1.807) is 12.1 Å². The highest BCUT2D eigenvalue weighted by atomic mass is 16.4. The molecule has 12 nitrogen and oxygen atoms in total. The quantitative estimate of drug-likeness (QED) is 0.246. The number of aliphatic carboxylic acids is 2. The molecule has 1 aliphatic heterocycles. The number of hydrogen-bond acceptors (Lipinski definition) is 7. The second kappa shape index (κ2) is 11.3. The molecular formula is C21H28N4O8. The van der Waals surface area contributed by atoms with Crippen LogP contribution in [0.15, 0.2) is 24.3 Å². The molecule has 1 fully saturated rings. The zero-order valence-corrected chi connectivity index (χ0v) is 18.1. The van der Waals surface area contributed by atoms with Crippen LogP contribution in [0.2, 0.25) is 0 Å². The predicted octanol–water partition coefficient (Wildman–Crippen LogP) is -1.20. The van der Waals surface area contributed by atoms with Crippen LogP contribution in [0.25, 0.3) is 0 Å². The van der Waals surface area contributed by atoms with Crippen molar-refractivity contribution < 1.29 is 39.3 Å². The van der Waals surface area contributed by atoms with Gasteiger partial charge in [-0.05, 0) is 43.9 Å². The fraction of sp³-hybridized carbons (Fsp3) is 0.476. The molecule has 0 aliphatic carbocycles. The van der Waals surface area contributed by atoms with Crippen molar-refractivity contribution in [2.24, 2.45) is 5.73 Å². The van der Waals surface area contributed by atoms with Gasteiger partial charge >= 0.3 is 11.9 Å². The Hall–Kier alpha value is -3.67. The lowest BCUT2D eigenvalue weighted by Gasteiger charge is -2.28. The largest absolute Gasteiger partial charge is 0.508 e. The third-order valence-electron chi connectivity index (χ3n) is 5.29. The van der Waals surface area contributed by atoms with E-state index in [-0.39, 0.29) is 18.7 Å². The van der Waals surface area contributed by atoms with Gasteiger partial charge in [0.15, 0.2) is 0 Å². The monoisotopic (exact) mass is 464 g/mol. The van der Waals surface area contributed by atoms with Gasteiger partial charge in [0.1, 0.15) is 23.9 Å². The van der Waals surface area contributed by atoms with Crippen LogP contribution >= 0.6 is 0 Å². The van der Waals surface area contributed by atoms with Crippen LogP contribution < -0.4 is 16.4 Å². The molecule has 12 heteroatoms. The maximum Gasteiger partial charge on any atom is 0.325 e. The molecule has 4 atom stereocenters. The normalized spacial score (nSPS) is 18.1. The van der Waals surface area contributed by atoms with Crippen molar-refractivity contribution in [2.45, 2.75) is 56.8 Å². The number of nitrogens with zero attached hydrogens (tertiary/aromatic N) is 1. The Morgan fingerprint density at radius 3 is 2.33 bits per heavy atom. The number of carbonyl (C=O) groups is 5. The molecule has 180 valence electrons. The number of benzene rings is 1. The van der Waals surface area contributed by atoms with Gasteiger partial charge in [-0.2, -0.15) is 0 Å². The van der Waals surface area contributed by atoms with Gasteiger partial charge in [-0.25, -0.2) is 0 Å². The Balaban J connectivity index is 2.06. The summed E-state index contributed by atoms with van der Waals surface area (Å²) in [6.45, 7) is 1.47. The number of hydrogen-bond donors (Lipinski definition) is 6. The first-order valence-corrected chi connectivity index (χ1v) is 10.4. The minimum absolute atomic E-state index is 0.0765. The number of phenolic OH excluding ortho intramolecular Hbond substituents is 1. The number of phenols is 1. The van der Waals surface area contributed by atoms with Gasteiger partial charge < -0.3 is 36.6 Å². The van der Waals surface area contributed by atoms with Crippen LogP contribution in [-0.2, 0) is 30.4 Å². The van der Waals surface area contributed by atoms with E-state index in [1.165, 1.54) is 24.0 Å². The molecule has 2 rings (SSSR count). The Bertz CT molecular complexity index is 904. The van der Waals surface area contributed by atoms with Crippen molar-refractivity contribution in [3.63, 3.8) is 0 Å². The average molecular weight is 464 g/mol. The van der Waals surface area contributed by atoms with Crippen LogP contribution in [-0.4, -0.2) is 80.6 Å². The minimum Gasteiger partial charge on any atom is -0.508 e. The Labute approximate surface area is 189 Å². The molecule has 33 heavy (non-hydrogen) atoms.